The lowest BCUT2D eigenvalue weighted by molar-refractivity contribution is -0.379. The van der Waals surface area contributed by atoms with Gasteiger partial charge in [-0.15, -0.1) is 0 Å². The Morgan fingerprint density at radius 3 is 1.16 bits per heavy atom. The summed E-state index contributed by atoms with van der Waals surface area (Å²) < 4.78 is 34.3. The quantitative estimate of drug-likeness (QED) is 0.0199. The van der Waals surface area contributed by atoms with Crippen molar-refractivity contribution in [1.29, 1.82) is 0 Å². The molecule has 19 nitrogen and oxygen atoms in total. The van der Waals surface area contributed by atoms with Gasteiger partial charge in [0.2, 0.25) is 5.91 Å². The summed E-state index contributed by atoms with van der Waals surface area (Å²) in [5, 5.41) is 120. The topological polar surface area (TPSA) is 307 Å². The smallest absolute Gasteiger partial charge is 0.220 e. The van der Waals surface area contributed by atoms with Gasteiger partial charge in [0.05, 0.1) is 38.6 Å². The maximum absolute atomic E-state index is 13.3. The normalized spacial score (nSPS) is 27.9. The molecule has 0 aliphatic carbocycles. The van der Waals surface area contributed by atoms with Gasteiger partial charge < -0.3 is 89.9 Å². The molecule has 0 aromatic heterocycles. The monoisotopic (exact) mass is 1320 g/mol. The number of hydrogen-bond donors (Lipinski definition) is 12. The number of nitrogens with one attached hydrogen (secondary N) is 1. The van der Waals surface area contributed by atoms with Crippen molar-refractivity contribution in [2.24, 2.45) is 0 Å². The largest absolute Gasteiger partial charge is 0.394 e. The molecule has 93 heavy (non-hydrogen) atoms. The Hall–Kier alpha value is -2.51. The van der Waals surface area contributed by atoms with Crippen LogP contribution in [-0.4, -0.2) is 193 Å². The molecule has 0 spiro atoms. The first-order valence-electron chi connectivity index (χ1n) is 37.0. The minimum Gasteiger partial charge on any atom is -0.394 e. The summed E-state index contributed by atoms with van der Waals surface area (Å²) in [6.07, 6.45) is 42.6. The summed E-state index contributed by atoms with van der Waals surface area (Å²) in [5.74, 6) is -0.244. The van der Waals surface area contributed by atoms with Crippen LogP contribution in [0.4, 0.5) is 0 Å². The number of aliphatic hydroxyl groups excluding tert-OH is 11. The molecule has 3 aliphatic rings. The zero-order valence-corrected chi connectivity index (χ0v) is 57.5. The van der Waals surface area contributed by atoms with Crippen molar-refractivity contribution in [3.63, 3.8) is 0 Å². The fraction of sp³-hybridized carbons (Fsp3) is 0.851. The zero-order valence-electron chi connectivity index (χ0n) is 57.5. The molecule has 19 heteroatoms. The van der Waals surface area contributed by atoms with Gasteiger partial charge >= 0.3 is 0 Å². The summed E-state index contributed by atoms with van der Waals surface area (Å²) in [7, 11) is 0. The Balaban J connectivity index is 1.22. The summed E-state index contributed by atoms with van der Waals surface area (Å²) in [6, 6.07) is -0.883. The van der Waals surface area contributed by atoms with Crippen LogP contribution in [0.15, 0.2) is 60.8 Å². The number of ether oxygens (including phenoxy) is 6. The highest BCUT2D eigenvalue weighted by Crippen LogP contribution is 2.33. The maximum atomic E-state index is 13.3. The fourth-order valence-corrected chi connectivity index (χ4v) is 12.4. The van der Waals surface area contributed by atoms with Gasteiger partial charge in [0, 0.05) is 6.42 Å². The van der Waals surface area contributed by atoms with Gasteiger partial charge in [-0.05, 0) is 57.8 Å². The van der Waals surface area contributed by atoms with Crippen LogP contribution in [0.25, 0.3) is 0 Å². The molecule has 0 bridgehead atoms. The number of carbonyl (C=O) groups excluding carboxylic acids is 1. The van der Waals surface area contributed by atoms with E-state index in [1.165, 1.54) is 148 Å². The lowest BCUT2D eigenvalue weighted by Gasteiger charge is -2.48. The van der Waals surface area contributed by atoms with E-state index >= 15 is 0 Å². The van der Waals surface area contributed by atoms with Crippen LogP contribution in [0, 0.1) is 0 Å². The molecule has 17 atom stereocenters. The van der Waals surface area contributed by atoms with E-state index in [0.29, 0.717) is 12.8 Å². The Bertz CT molecular complexity index is 1920. The summed E-state index contributed by atoms with van der Waals surface area (Å²) in [4.78, 5) is 13.3. The number of hydrogen-bond acceptors (Lipinski definition) is 18. The van der Waals surface area contributed by atoms with E-state index in [-0.39, 0.29) is 18.9 Å². The highest BCUT2D eigenvalue weighted by atomic mass is 16.8. The lowest BCUT2D eigenvalue weighted by Crippen LogP contribution is -2.66. The fourth-order valence-electron chi connectivity index (χ4n) is 12.4. The van der Waals surface area contributed by atoms with Crippen molar-refractivity contribution < 1.29 is 89.4 Å². The van der Waals surface area contributed by atoms with Crippen molar-refractivity contribution in [2.75, 3.05) is 26.4 Å². The average Bonchev–Trinajstić information content (AvgIpc) is 0.798. The molecule has 3 rings (SSSR count). The van der Waals surface area contributed by atoms with Crippen LogP contribution in [0.2, 0.25) is 0 Å². The van der Waals surface area contributed by atoms with Crippen LogP contribution >= 0.6 is 0 Å². The second-order valence-electron chi connectivity index (χ2n) is 26.4. The Kier molecular flexibility index (Phi) is 50.4. The number of aliphatic hydroxyl groups is 11. The first kappa shape index (κ1) is 84.7. The number of carbonyl (C=O) groups is 1. The van der Waals surface area contributed by atoms with Crippen LogP contribution in [0.1, 0.15) is 271 Å². The predicted octanol–water partition coefficient (Wildman–Crippen LogP) is 10.7. The third kappa shape index (κ3) is 36.8. The molecule has 0 aromatic rings. The molecule has 0 radical (unpaired) electrons. The third-order valence-electron chi connectivity index (χ3n) is 18.4. The van der Waals surface area contributed by atoms with Gasteiger partial charge in [0.1, 0.15) is 73.2 Å². The van der Waals surface area contributed by atoms with E-state index in [9.17, 15) is 61.0 Å². The second kappa shape index (κ2) is 55.4. The molecule has 17 unspecified atom stereocenters. The Labute approximate surface area is 560 Å². The van der Waals surface area contributed by atoms with Crippen molar-refractivity contribution >= 4 is 5.91 Å². The molecule has 3 heterocycles. The highest BCUT2D eigenvalue weighted by molar-refractivity contribution is 5.76. The Morgan fingerprint density at radius 2 is 0.742 bits per heavy atom. The Morgan fingerprint density at radius 1 is 0.398 bits per heavy atom. The summed E-state index contributed by atoms with van der Waals surface area (Å²) >= 11 is 0. The van der Waals surface area contributed by atoms with Crippen LogP contribution in [-0.2, 0) is 33.2 Å². The zero-order chi connectivity index (χ0) is 67.5. The second-order valence-corrected chi connectivity index (χ2v) is 26.4. The van der Waals surface area contributed by atoms with Gasteiger partial charge in [-0.25, -0.2) is 0 Å². The lowest BCUT2D eigenvalue weighted by atomic mass is 9.96. The molecule has 3 aliphatic heterocycles. The number of rotatable bonds is 57. The molecular formula is C74H133NO18. The summed E-state index contributed by atoms with van der Waals surface area (Å²) in [6.45, 7) is 1.63. The maximum Gasteiger partial charge on any atom is 0.220 e. The van der Waals surface area contributed by atoms with Gasteiger partial charge in [0.25, 0.3) is 0 Å². The van der Waals surface area contributed by atoms with E-state index in [2.05, 4.69) is 79.9 Å². The molecule has 0 aromatic carbocycles. The van der Waals surface area contributed by atoms with E-state index in [4.69, 9.17) is 28.4 Å². The highest BCUT2D eigenvalue weighted by Gasteiger charge is 2.53. The minimum absolute atomic E-state index is 0.244. The number of allylic oxidation sites excluding steroid dienone is 10. The van der Waals surface area contributed by atoms with Gasteiger partial charge in [-0.3, -0.25) is 4.79 Å². The van der Waals surface area contributed by atoms with Crippen LogP contribution < -0.4 is 5.32 Å². The van der Waals surface area contributed by atoms with E-state index in [0.717, 1.165) is 89.9 Å². The molecule has 1 amide bonds. The average molecular weight is 1320 g/mol. The van der Waals surface area contributed by atoms with Crippen LogP contribution in [0.5, 0.6) is 0 Å². The van der Waals surface area contributed by atoms with Crippen molar-refractivity contribution in [3.8, 4) is 0 Å². The molecule has 0 saturated carbocycles. The van der Waals surface area contributed by atoms with Gasteiger partial charge in [-0.2, -0.15) is 0 Å². The molecular weight excluding hydrogens is 1190 g/mol. The van der Waals surface area contributed by atoms with Gasteiger partial charge in [0.15, 0.2) is 18.9 Å². The summed E-state index contributed by atoms with van der Waals surface area (Å²) in [5.41, 5.74) is 0. The van der Waals surface area contributed by atoms with E-state index in [1.807, 2.05) is 0 Å². The first-order valence-corrected chi connectivity index (χ1v) is 37.0. The SMILES string of the molecule is CC/C=C\C/C=C\C/C=C\C/C=C\C/C=C\CCCCCCCCCCCCCCCCCCCCCCCCCCCC(=O)NC(COC1OC(CO)C(OC2OC(CO)C(OC3OC(CO)C(O)C(O)C3O)C(O)C2O)C(O)C1O)C(O)CCCCCCCCC. The van der Waals surface area contributed by atoms with Crippen molar-refractivity contribution in [1.82, 2.24) is 5.32 Å². The van der Waals surface area contributed by atoms with Crippen LogP contribution in [0.3, 0.4) is 0 Å². The minimum atomic E-state index is -1.97. The standard InChI is InChI=1S/C74H133NO18/c1-3-5-7-9-11-12-13-14-15-16-17-18-19-20-21-22-23-24-25-26-27-28-29-30-31-32-33-34-35-36-37-38-39-40-41-42-43-44-46-48-50-52-62(80)75-57(58(79)51-49-47-45-10-8-6-4-2)56-88-72-68(86)65(83)70(60(54-77)90-72)93-74-69(87)66(84)71(61(55-78)91-74)92-73-67(85)64(82)63(81)59(53-76)89-73/h5,7,11-12,14-15,17-18,20-21,57-61,63-74,76-79,81-87H,3-4,6,8-10,13,16,19,22-56H2,1-2H3,(H,75,80)/b7-5-,12-11-,15-14-,18-17-,21-20-. The molecule has 3 fully saturated rings. The number of unbranched alkanes of at least 4 members (excludes halogenated alkanes) is 31. The third-order valence-corrected chi connectivity index (χ3v) is 18.4. The molecule has 542 valence electrons. The number of amides is 1. The van der Waals surface area contributed by atoms with E-state index in [1.54, 1.807) is 0 Å². The van der Waals surface area contributed by atoms with Crippen molar-refractivity contribution in [3.05, 3.63) is 60.8 Å². The first-order chi connectivity index (χ1) is 45.3. The molecule has 12 N–H and O–H groups in total. The molecule has 3 saturated heterocycles. The van der Waals surface area contributed by atoms with E-state index < -0.39 is 124 Å². The predicted molar refractivity (Wildman–Crippen MR) is 365 cm³/mol. The van der Waals surface area contributed by atoms with Crippen molar-refractivity contribution in [2.45, 2.75) is 375 Å². The van der Waals surface area contributed by atoms with Gasteiger partial charge in [-0.1, -0.05) is 267 Å².